The highest BCUT2D eigenvalue weighted by Crippen LogP contribution is 2.34. The van der Waals surface area contributed by atoms with Crippen LogP contribution in [0.1, 0.15) is 25.3 Å². The Labute approximate surface area is 188 Å². The number of imide groups is 1. The van der Waals surface area contributed by atoms with Crippen molar-refractivity contribution in [1.82, 2.24) is 25.0 Å². The largest absolute Gasteiger partial charge is 0.379 e. The number of H-pyrrole nitrogens is 1. The number of benzene rings is 1. The summed E-state index contributed by atoms with van der Waals surface area (Å²) in [6, 6.07) is 8.14. The number of urea groups is 1. The molecule has 0 radical (unpaired) electrons. The van der Waals surface area contributed by atoms with Crippen molar-refractivity contribution >= 4 is 22.8 Å². The van der Waals surface area contributed by atoms with E-state index < -0.39 is 5.54 Å². The Hall–Kier alpha value is -2.42. The standard InChI is InChI=1S/C24H33N5O3/c1-24(22(30)29(23(31)26-24)11-10-27-12-14-32-15-13-27)19-6-8-28(9-7-19)17-18-16-25-21-5-3-2-4-20(18)21/h2-5,16,19,25H,6-15,17H2,1H3,(H,26,31). The molecule has 1 aromatic carbocycles. The Morgan fingerprint density at radius 2 is 1.78 bits per heavy atom. The van der Waals surface area contributed by atoms with Crippen molar-refractivity contribution in [1.29, 1.82) is 0 Å². The zero-order valence-corrected chi connectivity index (χ0v) is 18.8. The molecule has 1 unspecified atom stereocenters. The van der Waals surface area contributed by atoms with E-state index in [4.69, 9.17) is 4.74 Å². The number of amides is 3. The Kier molecular flexibility index (Phi) is 5.92. The number of nitrogens with one attached hydrogen (secondary N) is 2. The normalized spacial score (nSPS) is 26.2. The van der Waals surface area contributed by atoms with Gasteiger partial charge in [0.25, 0.3) is 5.91 Å². The van der Waals surface area contributed by atoms with Crippen LogP contribution in [0.4, 0.5) is 4.79 Å². The van der Waals surface area contributed by atoms with Crippen LogP contribution in [0.3, 0.4) is 0 Å². The predicted octanol–water partition coefficient (Wildman–Crippen LogP) is 2.02. The SMILES string of the molecule is CC1(C2CCN(Cc3c[nH]c4ccccc34)CC2)NC(=O)N(CCN2CCOCC2)C1=O. The molecular weight excluding hydrogens is 406 g/mol. The summed E-state index contributed by atoms with van der Waals surface area (Å²) in [5, 5.41) is 4.32. The molecule has 0 spiro atoms. The molecule has 3 aliphatic rings. The highest BCUT2D eigenvalue weighted by atomic mass is 16.5. The molecule has 2 aromatic rings. The van der Waals surface area contributed by atoms with E-state index in [1.54, 1.807) is 0 Å². The molecule has 0 saturated carbocycles. The lowest BCUT2D eigenvalue weighted by Crippen LogP contribution is -2.54. The fraction of sp³-hybridized carbons (Fsp3) is 0.583. The first kappa shape index (κ1) is 21.4. The molecule has 4 heterocycles. The van der Waals surface area contributed by atoms with Crippen molar-refractivity contribution in [3.8, 4) is 0 Å². The van der Waals surface area contributed by atoms with E-state index in [0.29, 0.717) is 13.1 Å². The van der Waals surface area contributed by atoms with Gasteiger partial charge in [-0.2, -0.15) is 0 Å². The van der Waals surface area contributed by atoms with Gasteiger partial charge in [-0.1, -0.05) is 18.2 Å². The zero-order valence-electron chi connectivity index (χ0n) is 18.8. The van der Waals surface area contributed by atoms with Gasteiger partial charge in [0, 0.05) is 49.8 Å². The Morgan fingerprint density at radius 3 is 2.56 bits per heavy atom. The van der Waals surface area contributed by atoms with E-state index in [2.05, 4.69) is 44.5 Å². The fourth-order valence-corrected chi connectivity index (χ4v) is 5.43. The van der Waals surface area contributed by atoms with Gasteiger partial charge >= 0.3 is 6.03 Å². The summed E-state index contributed by atoms with van der Waals surface area (Å²) in [6.45, 7) is 8.98. The van der Waals surface area contributed by atoms with Gasteiger partial charge in [0.2, 0.25) is 0 Å². The number of fused-ring (bicyclic) bond motifs is 1. The number of hydrogen-bond donors (Lipinski definition) is 2. The van der Waals surface area contributed by atoms with Crippen molar-refractivity contribution in [2.24, 2.45) is 5.92 Å². The maximum absolute atomic E-state index is 13.3. The van der Waals surface area contributed by atoms with Gasteiger partial charge in [0.15, 0.2) is 0 Å². The number of aromatic amines is 1. The van der Waals surface area contributed by atoms with Gasteiger partial charge in [-0.3, -0.25) is 19.5 Å². The summed E-state index contributed by atoms with van der Waals surface area (Å²) in [5.74, 6) is 0.0948. The van der Waals surface area contributed by atoms with Gasteiger partial charge in [-0.25, -0.2) is 4.79 Å². The van der Waals surface area contributed by atoms with Crippen LogP contribution in [-0.4, -0.2) is 89.6 Å². The molecule has 172 valence electrons. The van der Waals surface area contributed by atoms with E-state index >= 15 is 0 Å². The smallest absolute Gasteiger partial charge is 0.325 e. The molecule has 5 rings (SSSR count). The Morgan fingerprint density at radius 1 is 1.03 bits per heavy atom. The lowest BCUT2D eigenvalue weighted by molar-refractivity contribution is -0.133. The number of carbonyl (C=O) groups is 2. The van der Waals surface area contributed by atoms with E-state index in [1.807, 2.05) is 13.0 Å². The van der Waals surface area contributed by atoms with Crippen LogP contribution in [0.2, 0.25) is 0 Å². The number of carbonyl (C=O) groups excluding carboxylic acids is 2. The summed E-state index contributed by atoms with van der Waals surface area (Å²) < 4.78 is 5.38. The third-order valence-electron chi connectivity index (χ3n) is 7.52. The minimum absolute atomic E-state index is 0.0640. The minimum Gasteiger partial charge on any atom is -0.379 e. The first-order valence-corrected chi connectivity index (χ1v) is 11.8. The number of piperidine rings is 1. The third kappa shape index (κ3) is 4.02. The van der Waals surface area contributed by atoms with Crippen LogP contribution in [0.25, 0.3) is 10.9 Å². The number of hydrogen-bond acceptors (Lipinski definition) is 5. The van der Waals surface area contributed by atoms with Crippen molar-refractivity contribution in [3.63, 3.8) is 0 Å². The van der Waals surface area contributed by atoms with Crippen molar-refractivity contribution < 1.29 is 14.3 Å². The molecule has 1 atom stereocenters. The second kappa shape index (κ2) is 8.84. The van der Waals surface area contributed by atoms with Crippen molar-refractivity contribution in [3.05, 3.63) is 36.0 Å². The molecule has 0 aliphatic carbocycles. The Balaban J connectivity index is 1.17. The fourth-order valence-electron chi connectivity index (χ4n) is 5.43. The number of likely N-dealkylation sites (tertiary alicyclic amines) is 1. The number of morpholine rings is 1. The van der Waals surface area contributed by atoms with Crippen LogP contribution in [0, 0.1) is 5.92 Å². The highest BCUT2D eigenvalue weighted by Gasteiger charge is 2.52. The van der Waals surface area contributed by atoms with E-state index in [-0.39, 0.29) is 17.9 Å². The monoisotopic (exact) mass is 439 g/mol. The number of ether oxygens (including phenoxy) is 1. The van der Waals surface area contributed by atoms with Crippen LogP contribution in [-0.2, 0) is 16.1 Å². The average molecular weight is 440 g/mol. The lowest BCUT2D eigenvalue weighted by Gasteiger charge is -2.39. The number of nitrogens with zero attached hydrogens (tertiary/aromatic N) is 3. The van der Waals surface area contributed by atoms with E-state index in [1.165, 1.54) is 21.4 Å². The molecule has 3 fully saturated rings. The van der Waals surface area contributed by atoms with Gasteiger partial charge in [-0.05, 0) is 50.4 Å². The van der Waals surface area contributed by atoms with Crippen LogP contribution >= 0.6 is 0 Å². The molecule has 8 nitrogen and oxygen atoms in total. The maximum atomic E-state index is 13.3. The highest BCUT2D eigenvalue weighted by molar-refractivity contribution is 6.07. The first-order valence-electron chi connectivity index (χ1n) is 11.8. The minimum atomic E-state index is -0.797. The third-order valence-corrected chi connectivity index (χ3v) is 7.52. The molecule has 0 bridgehead atoms. The topological polar surface area (TPSA) is 80.9 Å². The predicted molar refractivity (Wildman–Crippen MR) is 122 cm³/mol. The van der Waals surface area contributed by atoms with Crippen LogP contribution in [0.5, 0.6) is 0 Å². The van der Waals surface area contributed by atoms with Crippen molar-refractivity contribution in [2.75, 3.05) is 52.5 Å². The van der Waals surface area contributed by atoms with Crippen LogP contribution in [0.15, 0.2) is 30.5 Å². The number of aromatic nitrogens is 1. The number of rotatable bonds is 6. The summed E-state index contributed by atoms with van der Waals surface area (Å²) in [4.78, 5) is 35.4. The second-order valence-corrected chi connectivity index (χ2v) is 9.45. The molecule has 3 aliphatic heterocycles. The van der Waals surface area contributed by atoms with Gasteiger partial charge in [-0.15, -0.1) is 0 Å². The summed E-state index contributed by atoms with van der Waals surface area (Å²) in [7, 11) is 0. The van der Waals surface area contributed by atoms with E-state index in [0.717, 1.165) is 58.8 Å². The maximum Gasteiger partial charge on any atom is 0.325 e. The molecular formula is C24H33N5O3. The van der Waals surface area contributed by atoms with Gasteiger partial charge in [0.1, 0.15) is 5.54 Å². The summed E-state index contributed by atoms with van der Waals surface area (Å²) in [6.07, 6.45) is 3.91. The molecule has 32 heavy (non-hydrogen) atoms. The molecule has 3 saturated heterocycles. The molecule has 3 amide bonds. The molecule has 1 aromatic heterocycles. The van der Waals surface area contributed by atoms with Crippen LogP contribution < -0.4 is 5.32 Å². The summed E-state index contributed by atoms with van der Waals surface area (Å²) >= 11 is 0. The van der Waals surface area contributed by atoms with E-state index in [9.17, 15) is 9.59 Å². The molecule has 2 N–H and O–H groups in total. The first-order chi connectivity index (χ1) is 15.5. The Bertz CT molecular complexity index is 977. The quantitative estimate of drug-likeness (QED) is 0.673. The number of para-hydroxylation sites is 1. The molecule has 8 heteroatoms. The van der Waals surface area contributed by atoms with Crippen molar-refractivity contribution in [2.45, 2.75) is 31.8 Å². The van der Waals surface area contributed by atoms with Gasteiger partial charge in [0.05, 0.1) is 13.2 Å². The second-order valence-electron chi connectivity index (χ2n) is 9.45. The van der Waals surface area contributed by atoms with Gasteiger partial charge < -0.3 is 15.0 Å². The zero-order chi connectivity index (χ0) is 22.1. The average Bonchev–Trinajstić information content (AvgIpc) is 3.32. The lowest BCUT2D eigenvalue weighted by atomic mass is 9.79. The summed E-state index contributed by atoms with van der Waals surface area (Å²) in [5.41, 5.74) is 1.68.